The van der Waals surface area contributed by atoms with E-state index in [2.05, 4.69) is 46.7 Å². The van der Waals surface area contributed by atoms with Crippen LogP contribution in [0, 0.1) is 0 Å². The lowest BCUT2D eigenvalue weighted by molar-refractivity contribution is 0.363. The summed E-state index contributed by atoms with van der Waals surface area (Å²) in [5.41, 5.74) is 5.75. The minimum absolute atomic E-state index is 0.422. The second-order valence-electron chi connectivity index (χ2n) is 6.30. The van der Waals surface area contributed by atoms with Gasteiger partial charge in [-0.2, -0.15) is 0 Å². The van der Waals surface area contributed by atoms with Crippen LogP contribution < -0.4 is 5.32 Å². The highest BCUT2D eigenvalue weighted by atomic mass is 15.0. The largest absolute Gasteiger partial charge is 0.302 e. The Labute approximate surface area is 126 Å². The van der Waals surface area contributed by atoms with Crippen LogP contribution in [0.15, 0.2) is 42.6 Å². The molecule has 0 spiro atoms. The van der Waals surface area contributed by atoms with Crippen LogP contribution in [0.5, 0.6) is 0 Å². The van der Waals surface area contributed by atoms with Crippen LogP contribution in [0.3, 0.4) is 0 Å². The van der Waals surface area contributed by atoms with Gasteiger partial charge >= 0.3 is 0 Å². The van der Waals surface area contributed by atoms with Gasteiger partial charge in [-0.1, -0.05) is 30.3 Å². The third-order valence-corrected chi connectivity index (χ3v) is 4.97. The van der Waals surface area contributed by atoms with Crippen LogP contribution in [0.4, 0.5) is 0 Å². The molecule has 0 fully saturated rings. The monoisotopic (exact) mass is 278 g/mol. The van der Waals surface area contributed by atoms with Crippen molar-refractivity contribution in [1.82, 2.24) is 10.3 Å². The van der Waals surface area contributed by atoms with Crippen molar-refractivity contribution >= 4 is 0 Å². The molecule has 21 heavy (non-hydrogen) atoms. The first-order chi connectivity index (χ1) is 10.4. The Hall–Kier alpha value is -1.67. The molecule has 0 aliphatic heterocycles. The summed E-state index contributed by atoms with van der Waals surface area (Å²) in [5, 5.41) is 3.91. The predicted molar refractivity (Wildman–Crippen MR) is 85.2 cm³/mol. The number of rotatable bonds is 2. The van der Waals surface area contributed by atoms with E-state index in [1.54, 1.807) is 0 Å². The number of aromatic nitrogens is 1. The van der Waals surface area contributed by atoms with Crippen molar-refractivity contribution in [2.24, 2.45) is 0 Å². The fourth-order valence-corrected chi connectivity index (χ4v) is 3.94. The van der Waals surface area contributed by atoms with Crippen LogP contribution in [0.1, 0.15) is 60.2 Å². The highest BCUT2D eigenvalue weighted by molar-refractivity contribution is 5.33. The van der Waals surface area contributed by atoms with Gasteiger partial charge in [-0.25, -0.2) is 0 Å². The molecule has 0 saturated carbocycles. The summed E-state index contributed by atoms with van der Waals surface area (Å²) in [4.78, 5) is 4.66. The Kier molecular flexibility index (Phi) is 3.48. The van der Waals surface area contributed by atoms with E-state index in [0.29, 0.717) is 12.1 Å². The summed E-state index contributed by atoms with van der Waals surface area (Å²) in [6.07, 6.45) is 9.36. The summed E-state index contributed by atoms with van der Waals surface area (Å²) < 4.78 is 0. The maximum Gasteiger partial charge on any atom is 0.0605 e. The maximum atomic E-state index is 4.66. The summed E-state index contributed by atoms with van der Waals surface area (Å²) in [7, 11) is 0. The number of nitrogens with zero attached hydrogens (tertiary/aromatic N) is 1. The minimum atomic E-state index is 0.422. The molecule has 108 valence electrons. The minimum Gasteiger partial charge on any atom is -0.302 e. The molecule has 2 heteroatoms. The molecule has 0 radical (unpaired) electrons. The topological polar surface area (TPSA) is 24.9 Å². The summed E-state index contributed by atoms with van der Waals surface area (Å²) in [5.74, 6) is 0. The number of pyridine rings is 1. The smallest absolute Gasteiger partial charge is 0.0605 e. The SMILES string of the molecule is c1ccc2c(c1)CCCC2NC1CCCc2cccnc21. The summed E-state index contributed by atoms with van der Waals surface area (Å²) >= 11 is 0. The maximum absolute atomic E-state index is 4.66. The molecular formula is C19H22N2. The average molecular weight is 278 g/mol. The normalized spacial score (nSPS) is 24.2. The van der Waals surface area contributed by atoms with Crippen molar-refractivity contribution in [2.75, 3.05) is 0 Å². The molecule has 2 aromatic rings. The third kappa shape index (κ3) is 2.49. The first-order valence-corrected chi connectivity index (χ1v) is 8.19. The molecular weight excluding hydrogens is 256 g/mol. The van der Waals surface area contributed by atoms with E-state index in [1.165, 1.54) is 60.9 Å². The lowest BCUT2D eigenvalue weighted by Crippen LogP contribution is -2.32. The zero-order chi connectivity index (χ0) is 14.1. The van der Waals surface area contributed by atoms with Crippen molar-refractivity contribution in [3.63, 3.8) is 0 Å². The highest BCUT2D eigenvalue weighted by Gasteiger charge is 2.26. The zero-order valence-electron chi connectivity index (χ0n) is 12.4. The number of nitrogens with one attached hydrogen (secondary N) is 1. The first-order valence-electron chi connectivity index (χ1n) is 8.19. The van der Waals surface area contributed by atoms with Crippen molar-refractivity contribution in [3.8, 4) is 0 Å². The van der Waals surface area contributed by atoms with Gasteiger partial charge in [-0.05, 0) is 61.3 Å². The molecule has 0 saturated heterocycles. The highest BCUT2D eigenvalue weighted by Crippen LogP contribution is 2.35. The van der Waals surface area contributed by atoms with E-state index in [4.69, 9.17) is 0 Å². The molecule has 2 atom stereocenters. The Balaban J connectivity index is 1.61. The number of hydrogen-bond donors (Lipinski definition) is 1. The predicted octanol–water partition coefficient (Wildman–Crippen LogP) is 4.13. The second-order valence-corrected chi connectivity index (χ2v) is 6.30. The second kappa shape index (κ2) is 5.61. The molecule has 0 bridgehead atoms. The van der Waals surface area contributed by atoms with Crippen molar-refractivity contribution in [3.05, 3.63) is 65.0 Å². The van der Waals surface area contributed by atoms with Crippen LogP contribution in [0.25, 0.3) is 0 Å². The van der Waals surface area contributed by atoms with Gasteiger partial charge in [-0.3, -0.25) is 4.98 Å². The van der Waals surface area contributed by atoms with Gasteiger partial charge in [0, 0.05) is 12.2 Å². The average Bonchev–Trinajstić information content (AvgIpc) is 2.56. The molecule has 1 aromatic heterocycles. The molecule has 1 N–H and O–H groups in total. The van der Waals surface area contributed by atoms with E-state index in [1.807, 2.05) is 6.20 Å². The summed E-state index contributed by atoms with van der Waals surface area (Å²) in [6.45, 7) is 0. The first kappa shape index (κ1) is 13.0. The van der Waals surface area contributed by atoms with Gasteiger partial charge in [-0.15, -0.1) is 0 Å². The lowest BCUT2D eigenvalue weighted by atomic mass is 9.85. The van der Waals surface area contributed by atoms with Crippen molar-refractivity contribution in [1.29, 1.82) is 0 Å². The molecule has 2 aliphatic carbocycles. The standard InChI is InChI=1S/C19H22N2/c1-2-10-16-14(6-1)7-3-11-17(16)21-18-12-4-8-15-9-5-13-20-19(15)18/h1-2,5-6,9-10,13,17-18,21H,3-4,7-8,11-12H2. The zero-order valence-corrected chi connectivity index (χ0v) is 12.4. The Morgan fingerprint density at radius 1 is 0.857 bits per heavy atom. The molecule has 2 unspecified atom stereocenters. The summed E-state index contributed by atoms with van der Waals surface area (Å²) in [6, 6.07) is 14.1. The molecule has 2 nitrogen and oxygen atoms in total. The van der Waals surface area contributed by atoms with Gasteiger partial charge in [0.1, 0.15) is 0 Å². The van der Waals surface area contributed by atoms with E-state index in [9.17, 15) is 0 Å². The number of fused-ring (bicyclic) bond motifs is 2. The molecule has 1 heterocycles. The fourth-order valence-electron chi connectivity index (χ4n) is 3.94. The lowest BCUT2D eigenvalue weighted by Gasteiger charge is -2.33. The van der Waals surface area contributed by atoms with Crippen LogP contribution in [0.2, 0.25) is 0 Å². The molecule has 0 amide bonds. The van der Waals surface area contributed by atoms with E-state index in [-0.39, 0.29) is 0 Å². The Morgan fingerprint density at radius 2 is 1.62 bits per heavy atom. The van der Waals surface area contributed by atoms with Crippen LogP contribution >= 0.6 is 0 Å². The molecule has 2 aliphatic rings. The van der Waals surface area contributed by atoms with Crippen molar-refractivity contribution in [2.45, 2.75) is 50.6 Å². The van der Waals surface area contributed by atoms with E-state index < -0.39 is 0 Å². The third-order valence-electron chi connectivity index (χ3n) is 4.97. The number of aryl methyl sites for hydroxylation is 2. The van der Waals surface area contributed by atoms with Gasteiger partial charge in [0.25, 0.3) is 0 Å². The van der Waals surface area contributed by atoms with E-state index in [0.717, 1.165) is 0 Å². The van der Waals surface area contributed by atoms with E-state index >= 15 is 0 Å². The molecule has 4 rings (SSSR count). The fraction of sp³-hybridized carbons (Fsp3) is 0.421. The quantitative estimate of drug-likeness (QED) is 0.893. The Morgan fingerprint density at radius 3 is 2.57 bits per heavy atom. The van der Waals surface area contributed by atoms with Crippen LogP contribution in [-0.2, 0) is 12.8 Å². The number of hydrogen-bond acceptors (Lipinski definition) is 2. The van der Waals surface area contributed by atoms with Crippen LogP contribution in [-0.4, -0.2) is 4.98 Å². The van der Waals surface area contributed by atoms with Crippen molar-refractivity contribution < 1.29 is 0 Å². The Bertz CT molecular complexity index is 579. The van der Waals surface area contributed by atoms with Gasteiger partial charge < -0.3 is 5.32 Å². The van der Waals surface area contributed by atoms with Gasteiger partial charge in [0.2, 0.25) is 0 Å². The molecule has 1 aromatic carbocycles. The number of benzene rings is 1. The van der Waals surface area contributed by atoms with Gasteiger partial charge in [0.15, 0.2) is 0 Å². The van der Waals surface area contributed by atoms with Gasteiger partial charge in [0.05, 0.1) is 11.7 Å².